The number of nitrogens with two attached hydrogens (primary N) is 1. The van der Waals surface area contributed by atoms with Gasteiger partial charge in [-0.25, -0.2) is 0 Å². The topological polar surface area (TPSA) is 84.6 Å². The van der Waals surface area contributed by atoms with Crippen molar-refractivity contribution in [2.45, 2.75) is 18.9 Å². The largest absolute Gasteiger partial charge is 0.508 e. The number of amides is 1. The number of nitrogen functional groups attached to an aromatic ring is 1. The quantitative estimate of drug-likeness (QED) is 0.525. The number of hydrogen-bond acceptors (Lipinski definition) is 4. The zero-order valence-corrected chi connectivity index (χ0v) is 9.48. The summed E-state index contributed by atoms with van der Waals surface area (Å²) in [6.07, 6.45) is 1.85. The summed E-state index contributed by atoms with van der Waals surface area (Å²) in [4.78, 5) is 11.9. The van der Waals surface area contributed by atoms with Crippen molar-refractivity contribution in [1.82, 2.24) is 5.32 Å². The highest BCUT2D eigenvalue weighted by Crippen LogP contribution is 2.18. The molecule has 0 aliphatic carbocycles. The van der Waals surface area contributed by atoms with Crippen LogP contribution in [0.15, 0.2) is 18.2 Å². The summed E-state index contributed by atoms with van der Waals surface area (Å²) >= 11 is 0. The van der Waals surface area contributed by atoms with E-state index in [4.69, 9.17) is 10.5 Å². The van der Waals surface area contributed by atoms with E-state index < -0.39 is 0 Å². The van der Waals surface area contributed by atoms with Gasteiger partial charge in [-0.15, -0.1) is 0 Å². The first-order chi connectivity index (χ1) is 8.16. The molecule has 1 aromatic carbocycles. The van der Waals surface area contributed by atoms with Crippen molar-refractivity contribution in [2.24, 2.45) is 0 Å². The summed E-state index contributed by atoms with van der Waals surface area (Å²) in [6.45, 7) is 1.28. The number of ether oxygens (including phenoxy) is 1. The van der Waals surface area contributed by atoms with Gasteiger partial charge in [-0.2, -0.15) is 0 Å². The van der Waals surface area contributed by atoms with Crippen LogP contribution in [0.1, 0.15) is 23.2 Å². The monoisotopic (exact) mass is 236 g/mol. The highest BCUT2D eigenvalue weighted by atomic mass is 16.5. The summed E-state index contributed by atoms with van der Waals surface area (Å²) in [5, 5.41) is 12.2. The van der Waals surface area contributed by atoms with E-state index in [1.807, 2.05) is 0 Å². The Kier molecular flexibility index (Phi) is 3.49. The molecular weight excluding hydrogens is 220 g/mol. The number of anilines is 1. The Morgan fingerprint density at radius 2 is 2.35 bits per heavy atom. The molecule has 1 unspecified atom stereocenters. The smallest absolute Gasteiger partial charge is 0.253 e. The molecule has 0 saturated carbocycles. The Morgan fingerprint density at radius 1 is 1.53 bits per heavy atom. The number of rotatable bonds is 2. The molecule has 0 spiro atoms. The highest BCUT2D eigenvalue weighted by molar-refractivity contribution is 5.99. The van der Waals surface area contributed by atoms with Gasteiger partial charge in [0.2, 0.25) is 0 Å². The Hall–Kier alpha value is -1.75. The molecule has 17 heavy (non-hydrogen) atoms. The second-order valence-corrected chi connectivity index (χ2v) is 4.16. The van der Waals surface area contributed by atoms with Crippen molar-refractivity contribution in [1.29, 1.82) is 0 Å². The fourth-order valence-corrected chi connectivity index (χ4v) is 1.86. The van der Waals surface area contributed by atoms with Gasteiger partial charge in [0, 0.05) is 12.3 Å². The molecule has 0 bridgehead atoms. The molecule has 1 fully saturated rings. The normalized spacial score (nSPS) is 19.9. The molecule has 1 aliphatic heterocycles. The van der Waals surface area contributed by atoms with Crippen molar-refractivity contribution in [3.8, 4) is 5.75 Å². The molecule has 1 saturated heterocycles. The van der Waals surface area contributed by atoms with Crippen molar-refractivity contribution in [3.63, 3.8) is 0 Å². The van der Waals surface area contributed by atoms with Crippen LogP contribution in [-0.4, -0.2) is 30.3 Å². The minimum atomic E-state index is -0.270. The lowest BCUT2D eigenvalue weighted by atomic mass is 10.1. The molecule has 1 amide bonds. The predicted molar refractivity (Wildman–Crippen MR) is 63.8 cm³/mol. The Morgan fingerprint density at radius 3 is 3.06 bits per heavy atom. The van der Waals surface area contributed by atoms with E-state index in [0.717, 1.165) is 19.4 Å². The number of aromatic hydroxyl groups is 1. The number of phenols is 1. The van der Waals surface area contributed by atoms with E-state index in [2.05, 4.69) is 5.32 Å². The molecule has 5 nitrogen and oxygen atoms in total. The third-order valence-corrected chi connectivity index (χ3v) is 2.78. The second-order valence-electron chi connectivity index (χ2n) is 4.16. The summed E-state index contributed by atoms with van der Waals surface area (Å²) in [6, 6.07) is 4.37. The SMILES string of the molecule is Nc1ccc(O)cc1C(=O)NC1CCCOC1. The van der Waals surface area contributed by atoms with Crippen LogP contribution < -0.4 is 11.1 Å². The van der Waals surface area contributed by atoms with Crippen LogP contribution in [0.2, 0.25) is 0 Å². The average molecular weight is 236 g/mol. The van der Waals surface area contributed by atoms with Crippen LogP contribution in [0, 0.1) is 0 Å². The first-order valence-electron chi connectivity index (χ1n) is 5.64. The Bertz CT molecular complexity index is 414. The maximum Gasteiger partial charge on any atom is 0.253 e. The molecule has 1 atom stereocenters. The van der Waals surface area contributed by atoms with Gasteiger partial charge >= 0.3 is 0 Å². The van der Waals surface area contributed by atoms with Gasteiger partial charge in [0.25, 0.3) is 5.91 Å². The zero-order chi connectivity index (χ0) is 12.3. The highest BCUT2D eigenvalue weighted by Gasteiger charge is 2.18. The average Bonchev–Trinajstić information content (AvgIpc) is 2.33. The molecule has 2 rings (SSSR count). The number of nitrogens with one attached hydrogen (secondary N) is 1. The van der Waals surface area contributed by atoms with Crippen LogP contribution >= 0.6 is 0 Å². The lowest BCUT2D eigenvalue weighted by Crippen LogP contribution is -2.40. The first-order valence-corrected chi connectivity index (χ1v) is 5.64. The van der Waals surface area contributed by atoms with Crippen LogP contribution in [0.25, 0.3) is 0 Å². The van der Waals surface area contributed by atoms with Crippen LogP contribution in [0.5, 0.6) is 5.75 Å². The number of benzene rings is 1. The molecular formula is C12H16N2O3. The molecule has 92 valence electrons. The minimum absolute atomic E-state index is 0.0259. The van der Waals surface area contributed by atoms with E-state index in [1.165, 1.54) is 18.2 Å². The van der Waals surface area contributed by atoms with Gasteiger partial charge in [-0.05, 0) is 31.0 Å². The fourth-order valence-electron chi connectivity index (χ4n) is 1.86. The Labute approximate surface area is 99.6 Å². The van der Waals surface area contributed by atoms with Crippen LogP contribution in [0.3, 0.4) is 0 Å². The van der Waals surface area contributed by atoms with E-state index in [1.54, 1.807) is 0 Å². The van der Waals surface area contributed by atoms with Crippen LogP contribution in [0.4, 0.5) is 5.69 Å². The van der Waals surface area contributed by atoms with Gasteiger partial charge in [0.15, 0.2) is 0 Å². The number of phenolic OH excluding ortho intramolecular Hbond substituents is 1. The fraction of sp³-hybridized carbons (Fsp3) is 0.417. The summed E-state index contributed by atoms with van der Waals surface area (Å²) in [5.41, 5.74) is 6.35. The molecule has 4 N–H and O–H groups in total. The third kappa shape index (κ3) is 2.88. The van der Waals surface area contributed by atoms with Gasteiger partial charge in [0.05, 0.1) is 18.2 Å². The summed E-state index contributed by atoms with van der Waals surface area (Å²) in [5.74, 6) is -0.238. The molecule has 1 aromatic rings. The minimum Gasteiger partial charge on any atom is -0.508 e. The second kappa shape index (κ2) is 5.05. The van der Waals surface area contributed by atoms with Crippen molar-refractivity contribution >= 4 is 11.6 Å². The number of carbonyl (C=O) groups is 1. The van der Waals surface area contributed by atoms with E-state index in [0.29, 0.717) is 17.9 Å². The lowest BCUT2D eigenvalue weighted by Gasteiger charge is -2.23. The maximum absolute atomic E-state index is 11.9. The molecule has 0 radical (unpaired) electrons. The van der Waals surface area contributed by atoms with E-state index in [-0.39, 0.29) is 17.7 Å². The van der Waals surface area contributed by atoms with Gasteiger partial charge in [-0.1, -0.05) is 0 Å². The number of hydrogen-bond donors (Lipinski definition) is 3. The predicted octanol–water partition coefficient (Wildman–Crippen LogP) is 0.883. The molecule has 5 heteroatoms. The van der Waals surface area contributed by atoms with Crippen molar-refractivity contribution < 1.29 is 14.6 Å². The molecule has 0 aromatic heterocycles. The zero-order valence-electron chi connectivity index (χ0n) is 9.48. The molecule has 1 aliphatic rings. The maximum atomic E-state index is 11.9. The van der Waals surface area contributed by atoms with E-state index in [9.17, 15) is 9.90 Å². The van der Waals surface area contributed by atoms with E-state index >= 15 is 0 Å². The van der Waals surface area contributed by atoms with Crippen LogP contribution in [-0.2, 0) is 4.74 Å². The first kappa shape index (κ1) is 11.7. The standard InChI is InChI=1S/C12H16N2O3/c13-11-4-3-9(15)6-10(11)12(16)14-8-2-1-5-17-7-8/h3-4,6,8,15H,1-2,5,7,13H2,(H,14,16). The van der Waals surface area contributed by atoms with Crippen molar-refractivity contribution in [2.75, 3.05) is 18.9 Å². The number of carbonyl (C=O) groups excluding carboxylic acids is 1. The lowest BCUT2D eigenvalue weighted by molar-refractivity contribution is 0.0624. The third-order valence-electron chi connectivity index (χ3n) is 2.78. The molecule has 1 heterocycles. The van der Waals surface area contributed by atoms with Gasteiger partial charge in [0.1, 0.15) is 5.75 Å². The van der Waals surface area contributed by atoms with Gasteiger partial charge in [-0.3, -0.25) is 4.79 Å². The van der Waals surface area contributed by atoms with Gasteiger partial charge < -0.3 is 20.9 Å². The summed E-state index contributed by atoms with van der Waals surface area (Å²) in [7, 11) is 0. The van der Waals surface area contributed by atoms with Crippen molar-refractivity contribution in [3.05, 3.63) is 23.8 Å². The summed E-state index contributed by atoms with van der Waals surface area (Å²) < 4.78 is 5.28. The Balaban J connectivity index is 2.05.